The third-order valence-electron chi connectivity index (χ3n) is 13.1. The molecule has 0 unspecified atom stereocenters. The first-order valence-corrected chi connectivity index (χ1v) is 28.0. The molecule has 4 amide bonds. The molecule has 8 aromatic rings. The van der Waals surface area contributed by atoms with E-state index in [0.29, 0.717) is 43.3 Å². The van der Waals surface area contributed by atoms with Crippen molar-refractivity contribution >= 4 is 112 Å². The van der Waals surface area contributed by atoms with E-state index >= 15 is 0 Å². The fraction of sp³-hybridized carbons (Fsp3) is 0.308. The van der Waals surface area contributed by atoms with Crippen molar-refractivity contribution in [3.63, 3.8) is 0 Å². The van der Waals surface area contributed by atoms with Crippen molar-refractivity contribution in [2.24, 2.45) is 0 Å². The van der Waals surface area contributed by atoms with Gasteiger partial charge in [0, 0.05) is 46.4 Å². The minimum Gasteiger partial charge on any atom is -0.398 e. The number of nitrogens with two attached hydrogens (primary N) is 4. The molecule has 0 radical (unpaired) electrons. The van der Waals surface area contributed by atoms with Crippen LogP contribution in [0, 0.1) is 0 Å². The SMILES string of the molecule is Nc1ccccc1CC(=O)Nc1nnc([C@@H]2CCC[C@@H](c3nnc(NC(=O)Cc4ccccc4N)s3)C2)s1.Nc1ccccc1CC(=O)Nc1nnc([C@H]2CCC[C@H](c3nnc(NC(=O)Cc4ccccc4N)s3)C2)s1. The van der Waals surface area contributed by atoms with Crippen LogP contribution in [0.4, 0.5) is 43.3 Å². The number of carbonyl (C=O) groups is 4. The molecule has 392 valence electrons. The Morgan fingerprint density at radius 3 is 0.816 bits per heavy atom. The molecular formula is C52H56N16O4S4. The van der Waals surface area contributed by atoms with Gasteiger partial charge in [-0.15, -0.1) is 40.8 Å². The Bertz CT molecular complexity index is 2880. The van der Waals surface area contributed by atoms with E-state index in [0.717, 1.165) is 93.7 Å². The molecule has 2 saturated carbocycles. The van der Waals surface area contributed by atoms with Crippen molar-refractivity contribution < 1.29 is 19.2 Å². The van der Waals surface area contributed by atoms with Crippen LogP contribution in [0.2, 0.25) is 0 Å². The van der Waals surface area contributed by atoms with Crippen molar-refractivity contribution in [2.45, 2.75) is 101 Å². The van der Waals surface area contributed by atoms with Crippen LogP contribution in [-0.4, -0.2) is 64.4 Å². The summed E-state index contributed by atoms with van der Waals surface area (Å²) in [5.41, 5.74) is 29.3. The van der Waals surface area contributed by atoms with Gasteiger partial charge in [0.1, 0.15) is 20.0 Å². The molecule has 4 heterocycles. The van der Waals surface area contributed by atoms with E-state index in [9.17, 15) is 19.2 Å². The molecule has 10 rings (SSSR count). The van der Waals surface area contributed by atoms with Gasteiger partial charge in [-0.2, -0.15) is 0 Å². The number of aromatic nitrogens is 8. The second kappa shape index (κ2) is 25.2. The molecule has 0 saturated heterocycles. The molecule has 12 N–H and O–H groups in total. The fourth-order valence-corrected chi connectivity index (χ4v) is 12.8. The van der Waals surface area contributed by atoms with Crippen LogP contribution in [0.1, 0.15) is 117 Å². The summed E-state index contributed by atoms with van der Waals surface area (Å²) < 4.78 is 0. The number of nitrogens with one attached hydrogen (secondary N) is 4. The van der Waals surface area contributed by atoms with Crippen LogP contribution >= 0.6 is 45.3 Å². The molecule has 0 bridgehead atoms. The quantitative estimate of drug-likeness (QED) is 0.0419. The Morgan fingerprint density at radius 1 is 0.368 bits per heavy atom. The van der Waals surface area contributed by atoms with Gasteiger partial charge < -0.3 is 44.2 Å². The van der Waals surface area contributed by atoms with Crippen LogP contribution in [0.25, 0.3) is 0 Å². The number of para-hydroxylation sites is 4. The van der Waals surface area contributed by atoms with Gasteiger partial charge in [-0.05, 0) is 85.0 Å². The van der Waals surface area contributed by atoms with E-state index in [1.807, 2.05) is 72.8 Å². The summed E-state index contributed by atoms with van der Waals surface area (Å²) in [5.74, 6) is 0.204. The highest BCUT2D eigenvalue weighted by molar-refractivity contribution is 7.16. The predicted octanol–water partition coefficient (Wildman–Crippen LogP) is 8.72. The number of benzene rings is 4. The number of hydrogen-bond acceptors (Lipinski definition) is 20. The van der Waals surface area contributed by atoms with Gasteiger partial charge in [-0.25, -0.2) is 0 Å². The van der Waals surface area contributed by atoms with Crippen molar-refractivity contribution in [3.05, 3.63) is 139 Å². The summed E-state index contributed by atoms with van der Waals surface area (Å²) in [7, 11) is 0. The van der Waals surface area contributed by atoms with Gasteiger partial charge in [-0.3, -0.25) is 19.2 Å². The van der Waals surface area contributed by atoms with Gasteiger partial charge in [0.05, 0.1) is 25.7 Å². The molecule has 2 aliphatic carbocycles. The first-order valence-electron chi connectivity index (χ1n) is 24.8. The Morgan fingerprint density at radius 2 is 0.592 bits per heavy atom. The summed E-state index contributed by atoms with van der Waals surface area (Å²) in [6, 6.07) is 29.3. The summed E-state index contributed by atoms with van der Waals surface area (Å²) >= 11 is 5.64. The number of hydrogen-bond donors (Lipinski definition) is 8. The minimum atomic E-state index is -0.175. The molecule has 2 fully saturated rings. The molecule has 2 aliphatic rings. The van der Waals surface area contributed by atoms with E-state index in [-0.39, 0.29) is 73.0 Å². The van der Waals surface area contributed by atoms with Gasteiger partial charge in [-0.1, -0.05) is 131 Å². The standard InChI is InChI=1S/2C26H28N8O2S2/c2*27-19-10-3-1-6-15(19)13-21(35)29-25-33-31-23(37-25)17-8-5-9-18(12-17)24-32-34-26(38-24)30-22(36)14-16-7-2-4-11-20(16)28/h2*1-4,6-7,10-11,17-18H,5,8-9,12-14,27-28H2,(H,29,33,35)(H,30,34,36)/t2*17-,18-/m10/s1. The molecule has 4 aromatic heterocycles. The van der Waals surface area contributed by atoms with Crippen molar-refractivity contribution in [1.82, 2.24) is 40.8 Å². The Labute approximate surface area is 454 Å². The zero-order chi connectivity index (χ0) is 53.0. The van der Waals surface area contributed by atoms with E-state index in [4.69, 9.17) is 22.9 Å². The number of nitrogen functional groups attached to an aromatic ring is 4. The lowest BCUT2D eigenvalue weighted by molar-refractivity contribution is -0.116. The molecule has 76 heavy (non-hydrogen) atoms. The third-order valence-corrected chi connectivity index (χ3v) is 17.1. The second-order valence-corrected chi connectivity index (χ2v) is 22.6. The summed E-state index contributed by atoms with van der Waals surface area (Å²) in [6.07, 6.45) is 8.52. The summed E-state index contributed by atoms with van der Waals surface area (Å²) in [4.78, 5) is 49.9. The van der Waals surface area contributed by atoms with Crippen LogP contribution in [0.15, 0.2) is 97.1 Å². The van der Waals surface area contributed by atoms with Gasteiger partial charge in [0.15, 0.2) is 0 Å². The smallest absolute Gasteiger partial charge is 0.230 e. The van der Waals surface area contributed by atoms with Gasteiger partial charge in [0.2, 0.25) is 44.2 Å². The van der Waals surface area contributed by atoms with E-state index in [1.54, 1.807) is 24.3 Å². The zero-order valence-corrected chi connectivity index (χ0v) is 44.5. The zero-order valence-electron chi connectivity index (χ0n) is 41.2. The highest BCUT2D eigenvalue weighted by atomic mass is 32.1. The Kier molecular flexibility index (Phi) is 17.6. The minimum absolute atomic E-state index is 0.175. The summed E-state index contributed by atoms with van der Waals surface area (Å²) in [5, 5.41) is 51.2. The number of rotatable bonds is 16. The van der Waals surface area contributed by atoms with Crippen LogP contribution in [0.3, 0.4) is 0 Å². The monoisotopic (exact) mass is 1100 g/mol. The van der Waals surface area contributed by atoms with E-state index < -0.39 is 0 Å². The topological polar surface area (TPSA) is 324 Å². The molecule has 0 aliphatic heterocycles. The van der Waals surface area contributed by atoms with E-state index in [1.165, 1.54) is 45.3 Å². The van der Waals surface area contributed by atoms with Crippen molar-refractivity contribution in [1.29, 1.82) is 0 Å². The highest BCUT2D eigenvalue weighted by Gasteiger charge is 2.31. The average Bonchev–Trinajstić information content (AvgIpc) is 4.27. The lowest BCUT2D eigenvalue weighted by Crippen LogP contribution is -2.15. The number of carbonyl (C=O) groups excluding carboxylic acids is 4. The van der Waals surface area contributed by atoms with Crippen LogP contribution in [-0.2, 0) is 44.9 Å². The van der Waals surface area contributed by atoms with Crippen molar-refractivity contribution in [2.75, 3.05) is 44.2 Å². The summed E-state index contributed by atoms with van der Waals surface area (Å²) in [6.45, 7) is 0. The molecular weight excluding hydrogens is 1040 g/mol. The first-order chi connectivity index (χ1) is 36.9. The van der Waals surface area contributed by atoms with Gasteiger partial charge in [0.25, 0.3) is 0 Å². The lowest BCUT2D eigenvalue weighted by atomic mass is 9.82. The van der Waals surface area contributed by atoms with E-state index in [2.05, 4.69) is 62.1 Å². The largest absolute Gasteiger partial charge is 0.398 e. The normalized spacial score (nSPS) is 17.2. The number of nitrogens with zero attached hydrogens (tertiary/aromatic N) is 8. The maximum atomic E-state index is 12.5. The maximum Gasteiger partial charge on any atom is 0.230 e. The fourth-order valence-electron chi connectivity index (χ4n) is 9.20. The maximum absolute atomic E-state index is 12.5. The Balaban J connectivity index is 0.000000186. The molecule has 24 heteroatoms. The lowest BCUT2D eigenvalue weighted by Gasteiger charge is -2.25. The number of amides is 4. The molecule has 20 nitrogen and oxygen atoms in total. The third kappa shape index (κ3) is 14.3. The van der Waals surface area contributed by atoms with Gasteiger partial charge >= 0.3 is 0 Å². The van der Waals surface area contributed by atoms with Crippen LogP contribution < -0.4 is 44.2 Å². The predicted molar refractivity (Wildman–Crippen MR) is 300 cm³/mol. The Hall–Kier alpha value is -7.80. The molecule has 4 aromatic carbocycles. The highest BCUT2D eigenvalue weighted by Crippen LogP contribution is 2.45. The molecule has 0 spiro atoms. The average molecular weight is 1100 g/mol. The van der Waals surface area contributed by atoms with Crippen LogP contribution in [0.5, 0.6) is 0 Å². The first kappa shape index (κ1) is 53.0. The van der Waals surface area contributed by atoms with Crippen molar-refractivity contribution in [3.8, 4) is 0 Å². The second-order valence-electron chi connectivity index (χ2n) is 18.6. The number of anilines is 8. The molecule has 4 atom stereocenters.